The summed E-state index contributed by atoms with van der Waals surface area (Å²) in [7, 11) is 0. The molecule has 0 radical (unpaired) electrons. The molecule has 24 heavy (non-hydrogen) atoms. The Balaban J connectivity index is 1.65. The van der Waals surface area contributed by atoms with Crippen molar-refractivity contribution in [1.29, 1.82) is 0 Å². The van der Waals surface area contributed by atoms with Crippen molar-refractivity contribution in [2.75, 3.05) is 5.32 Å². The van der Waals surface area contributed by atoms with Gasteiger partial charge >= 0.3 is 0 Å². The molecule has 1 aliphatic rings. The number of H-pyrrole nitrogens is 1. The van der Waals surface area contributed by atoms with E-state index in [1.165, 1.54) is 19.8 Å². The summed E-state index contributed by atoms with van der Waals surface area (Å²) in [5.41, 5.74) is 3.11. The summed E-state index contributed by atoms with van der Waals surface area (Å²) in [4.78, 5) is 23.8. The average Bonchev–Trinajstić information content (AvgIpc) is 3.27. The Morgan fingerprint density at radius 2 is 2.00 bits per heavy atom. The van der Waals surface area contributed by atoms with Gasteiger partial charge in [0.2, 0.25) is 11.8 Å². The summed E-state index contributed by atoms with van der Waals surface area (Å²) < 4.78 is 0. The zero-order valence-corrected chi connectivity index (χ0v) is 13.9. The van der Waals surface area contributed by atoms with Gasteiger partial charge in [0.15, 0.2) is 5.82 Å². The second-order valence-corrected chi connectivity index (χ2v) is 6.40. The van der Waals surface area contributed by atoms with E-state index in [1.807, 2.05) is 37.3 Å². The normalized spacial score (nSPS) is 14.9. The number of carbonyl (C=O) groups is 2. The second-order valence-electron chi connectivity index (χ2n) is 6.40. The summed E-state index contributed by atoms with van der Waals surface area (Å²) in [6, 6.07) is 9.33. The first-order valence-electron chi connectivity index (χ1n) is 8.20. The van der Waals surface area contributed by atoms with Crippen LogP contribution in [0.25, 0.3) is 0 Å². The van der Waals surface area contributed by atoms with Crippen LogP contribution >= 0.6 is 0 Å². The fourth-order valence-electron chi connectivity index (χ4n) is 2.68. The number of benzene rings is 1. The molecule has 1 unspecified atom stereocenters. The fourth-order valence-corrected chi connectivity index (χ4v) is 2.68. The Hall–Kier alpha value is -2.63. The molecule has 0 spiro atoms. The monoisotopic (exact) mass is 326 g/mol. The Morgan fingerprint density at radius 1 is 1.29 bits per heavy atom. The second kappa shape index (κ2) is 6.86. The van der Waals surface area contributed by atoms with Crippen LogP contribution in [0, 0.1) is 6.92 Å². The average molecular weight is 326 g/mol. The molecule has 3 rings (SSSR count). The van der Waals surface area contributed by atoms with E-state index in [0.717, 1.165) is 16.8 Å². The molecule has 1 heterocycles. The van der Waals surface area contributed by atoms with Crippen molar-refractivity contribution in [3.05, 3.63) is 47.2 Å². The molecule has 0 aliphatic heterocycles. The van der Waals surface area contributed by atoms with Gasteiger partial charge in [0, 0.05) is 24.6 Å². The number of hydrogen-bond acceptors (Lipinski definition) is 3. The molecule has 2 amide bonds. The van der Waals surface area contributed by atoms with E-state index in [2.05, 4.69) is 20.8 Å². The largest absolute Gasteiger partial charge is 0.349 e. The van der Waals surface area contributed by atoms with Crippen LogP contribution in [-0.4, -0.2) is 22.0 Å². The topological polar surface area (TPSA) is 86.9 Å². The number of anilines is 1. The number of amides is 2. The van der Waals surface area contributed by atoms with Crippen LogP contribution in [0.1, 0.15) is 55.0 Å². The van der Waals surface area contributed by atoms with E-state index >= 15 is 0 Å². The van der Waals surface area contributed by atoms with Crippen molar-refractivity contribution >= 4 is 17.6 Å². The number of carbonyl (C=O) groups excluding carboxylic acids is 2. The van der Waals surface area contributed by atoms with Crippen LogP contribution in [0.15, 0.2) is 30.3 Å². The van der Waals surface area contributed by atoms with Crippen molar-refractivity contribution in [2.24, 2.45) is 0 Å². The molecule has 0 bridgehead atoms. The Bertz CT molecular complexity index is 732. The first-order chi connectivity index (χ1) is 11.5. The number of aromatic nitrogens is 2. The maximum atomic E-state index is 12.3. The minimum atomic E-state index is -0.357. The molecule has 6 nitrogen and oxygen atoms in total. The number of rotatable bonds is 6. The quantitative estimate of drug-likeness (QED) is 0.763. The van der Waals surface area contributed by atoms with Crippen molar-refractivity contribution < 1.29 is 9.59 Å². The van der Waals surface area contributed by atoms with Crippen LogP contribution in [0.3, 0.4) is 0 Å². The number of aromatic amines is 1. The fraction of sp³-hybridized carbons (Fsp3) is 0.389. The van der Waals surface area contributed by atoms with Gasteiger partial charge in [-0.05, 0) is 25.3 Å². The van der Waals surface area contributed by atoms with Crippen LogP contribution in [0.5, 0.6) is 0 Å². The van der Waals surface area contributed by atoms with Gasteiger partial charge < -0.3 is 10.6 Å². The summed E-state index contributed by atoms with van der Waals surface area (Å²) in [5.74, 6) is 0.752. The molecule has 1 aromatic carbocycles. The lowest BCUT2D eigenvalue weighted by Crippen LogP contribution is -2.29. The molecular formula is C18H22N4O2. The van der Waals surface area contributed by atoms with E-state index in [1.54, 1.807) is 0 Å². The Labute approximate surface area is 141 Å². The zero-order chi connectivity index (χ0) is 17.1. The molecule has 0 saturated heterocycles. The first-order valence-corrected chi connectivity index (χ1v) is 8.20. The van der Waals surface area contributed by atoms with E-state index < -0.39 is 0 Å². The van der Waals surface area contributed by atoms with E-state index in [0.29, 0.717) is 11.7 Å². The lowest BCUT2D eigenvalue weighted by atomic mass is 10.0. The van der Waals surface area contributed by atoms with Gasteiger partial charge in [0.1, 0.15) is 0 Å². The predicted octanol–water partition coefficient (Wildman–Crippen LogP) is 2.80. The summed E-state index contributed by atoms with van der Waals surface area (Å²) in [5, 5.41) is 12.7. The van der Waals surface area contributed by atoms with Crippen molar-refractivity contribution in [3.8, 4) is 0 Å². The number of hydrogen-bond donors (Lipinski definition) is 3. The van der Waals surface area contributed by atoms with Gasteiger partial charge in [0.25, 0.3) is 0 Å². The van der Waals surface area contributed by atoms with Crippen molar-refractivity contribution in [2.45, 2.75) is 45.1 Å². The number of nitrogens with one attached hydrogen (secondary N) is 3. The zero-order valence-electron chi connectivity index (χ0n) is 13.9. The maximum absolute atomic E-state index is 12.3. The third-order valence-corrected chi connectivity index (χ3v) is 4.13. The molecule has 3 N–H and O–H groups in total. The standard InChI is InChI=1S/C18H22N4O2/c1-11-3-5-13(6-4-11)15(19-12(2)23)10-18(24)20-17-9-16(21-22-17)14-7-8-14/h3-6,9,14-15H,7-8,10H2,1-2H3,(H,19,23)(H2,20,21,22,24). The highest BCUT2D eigenvalue weighted by Gasteiger charge is 2.26. The van der Waals surface area contributed by atoms with Crippen molar-refractivity contribution in [1.82, 2.24) is 15.5 Å². The highest BCUT2D eigenvalue weighted by atomic mass is 16.2. The minimum absolute atomic E-state index is 0.161. The highest BCUT2D eigenvalue weighted by Crippen LogP contribution is 2.39. The molecule has 126 valence electrons. The van der Waals surface area contributed by atoms with Gasteiger partial charge in [-0.3, -0.25) is 14.7 Å². The van der Waals surface area contributed by atoms with E-state index in [4.69, 9.17) is 0 Å². The number of aryl methyl sites for hydroxylation is 1. The van der Waals surface area contributed by atoms with Gasteiger partial charge in [-0.15, -0.1) is 0 Å². The van der Waals surface area contributed by atoms with Crippen LogP contribution in [-0.2, 0) is 9.59 Å². The van der Waals surface area contributed by atoms with E-state index in [-0.39, 0.29) is 24.3 Å². The summed E-state index contributed by atoms with van der Waals surface area (Å²) in [6.07, 6.45) is 2.51. The molecule has 2 aromatic rings. The van der Waals surface area contributed by atoms with Gasteiger partial charge in [-0.1, -0.05) is 29.8 Å². The van der Waals surface area contributed by atoms with Gasteiger partial charge in [0.05, 0.1) is 12.5 Å². The lowest BCUT2D eigenvalue weighted by molar-refractivity contribution is -0.120. The molecular weight excluding hydrogens is 304 g/mol. The molecule has 1 aromatic heterocycles. The van der Waals surface area contributed by atoms with E-state index in [9.17, 15) is 9.59 Å². The summed E-state index contributed by atoms with van der Waals surface area (Å²) in [6.45, 7) is 3.45. The Kier molecular flexibility index (Phi) is 4.64. The predicted molar refractivity (Wildman–Crippen MR) is 91.5 cm³/mol. The third-order valence-electron chi connectivity index (χ3n) is 4.13. The van der Waals surface area contributed by atoms with Crippen LogP contribution in [0.4, 0.5) is 5.82 Å². The molecule has 6 heteroatoms. The van der Waals surface area contributed by atoms with Crippen LogP contribution < -0.4 is 10.6 Å². The summed E-state index contributed by atoms with van der Waals surface area (Å²) >= 11 is 0. The first kappa shape index (κ1) is 16.2. The van der Waals surface area contributed by atoms with Crippen LogP contribution in [0.2, 0.25) is 0 Å². The molecule has 1 aliphatic carbocycles. The highest BCUT2D eigenvalue weighted by molar-refractivity contribution is 5.90. The molecule has 1 fully saturated rings. The van der Waals surface area contributed by atoms with Gasteiger partial charge in [-0.25, -0.2) is 0 Å². The smallest absolute Gasteiger partial charge is 0.227 e. The maximum Gasteiger partial charge on any atom is 0.227 e. The Morgan fingerprint density at radius 3 is 2.62 bits per heavy atom. The third kappa shape index (κ3) is 4.22. The van der Waals surface area contributed by atoms with Gasteiger partial charge in [-0.2, -0.15) is 5.10 Å². The SMILES string of the molecule is CC(=O)NC(CC(=O)Nc1cc(C2CC2)[nH]n1)c1ccc(C)cc1. The minimum Gasteiger partial charge on any atom is -0.349 e. The lowest BCUT2D eigenvalue weighted by Gasteiger charge is -2.18. The molecule has 1 saturated carbocycles. The number of nitrogens with zero attached hydrogens (tertiary/aromatic N) is 1. The molecule has 1 atom stereocenters. The van der Waals surface area contributed by atoms with Crippen molar-refractivity contribution in [3.63, 3.8) is 0 Å².